The number of aliphatic carboxylic acids is 1. The molecule has 0 unspecified atom stereocenters. The van der Waals surface area contributed by atoms with Crippen LogP contribution in [0.25, 0.3) is 0 Å². The normalized spacial score (nSPS) is 16.5. The quantitative estimate of drug-likeness (QED) is 0.800. The van der Waals surface area contributed by atoms with Crippen LogP contribution in [0.4, 0.5) is 4.79 Å². The highest BCUT2D eigenvalue weighted by atomic mass is 35.5. The fourth-order valence-electron chi connectivity index (χ4n) is 2.60. The van der Waals surface area contributed by atoms with Gasteiger partial charge in [-0.1, -0.05) is 36.6 Å². The number of carboxylic acids is 1. The minimum atomic E-state index is -1.12. The highest BCUT2D eigenvalue weighted by molar-refractivity contribution is 6.31. The minimum Gasteiger partial charge on any atom is -0.480 e. The van der Waals surface area contributed by atoms with Gasteiger partial charge in [0.15, 0.2) is 0 Å². The van der Waals surface area contributed by atoms with Gasteiger partial charge in [0.1, 0.15) is 5.54 Å². The molecular formula is C15H19ClN2O3. The summed E-state index contributed by atoms with van der Waals surface area (Å²) in [7, 11) is 0. The van der Waals surface area contributed by atoms with Gasteiger partial charge in [-0.3, -0.25) is 0 Å². The smallest absolute Gasteiger partial charge is 0.329 e. The number of aryl methyl sites for hydroxylation is 1. The molecule has 6 heteroatoms. The van der Waals surface area contributed by atoms with E-state index in [1.54, 1.807) is 0 Å². The molecule has 1 fully saturated rings. The molecule has 1 aromatic carbocycles. The Hall–Kier alpha value is -1.75. The summed E-state index contributed by atoms with van der Waals surface area (Å²) in [6, 6.07) is 5.11. The molecule has 2 amide bonds. The van der Waals surface area contributed by atoms with Crippen molar-refractivity contribution in [2.45, 2.75) is 44.7 Å². The van der Waals surface area contributed by atoms with E-state index in [-0.39, 0.29) is 6.54 Å². The van der Waals surface area contributed by atoms with E-state index in [0.717, 1.165) is 24.0 Å². The first-order valence-corrected chi connectivity index (χ1v) is 7.35. The van der Waals surface area contributed by atoms with Gasteiger partial charge >= 0.3 is 12.0 Å². The third-order valence-corrected chi connectivity index (χ3v) is 4.22. The number of urea groups is 1. The molecule has 0 bridgehead atoms. The minimum absolute atomic E-state index is 0.265. The Morgan fingerprint density at radius 2 is 2.00 bits per heavy atom. The van der Waals surface area contributed by atoms with E-state index in [0.29, 0.717) is 17.9 Å². The van der Waals surface area contributed by atoms with Crippen molar-refractivity contribution in [3.8, 4) is 0 Å². The summed E-state index contributed by atoms with van der Waals surface area (Å²) < 4.78 is 0. The van der Waals surface area contributed by atoms with Gasteiger partial charge in [-0.15, -0.1) is 0 Å². The van der Waals surface area contributed by atoms with Crippen LogP contribution in [0.1, 0.15) is 36.8 Å². The predicted molar refractivity (Wildman–Crippen MR) is 80.4 cm³/mol. The molecule has 0 heterocycles. The molecular weight excluding hydrogens is 292 g/mol. The molecule has 1 aliphatic carbocycles. The van der Waals surface area contributed by atoms with Crippen molar-refractivity contribution in [1.29, 1.82) is 0 Å². The van der Waals surface area contributed by atoms with Gasteiger partial charge in [-0.2, -0.15) is 0 Å². The number of benzene rings is 1. The van der Waals surface area contributed by atoms with Crippen LogP contribution in [0.3, 0.4) is 0 Å². The Labute approximate surface area is 128 Å². The van der Waals surface area contributed by atoms with Crippen molar-refractivity contribution >= 4 is 23.6 Å². The van der Waals surface area contributed by atoms with Crippen molar-refractivity contribution in [1.82, 2.24) is 10.6 Å². The van der Waals surface area contributed by atoms with E-state index < -0.39 is 17.5 Å². The van der Waals surface area contributed by atoms with Crippen LogP contribution in [0.15, 0.2) is 18.2 Å². The zero-order valence-corrected chi connectivity index (χ0v) is 12.7. The standard InChI is InChI=1S/C15H19ClN2O3/c1-10-4-5-11(12(16)8-10)9-17-14(21)18-15(13(19)20)6-2-3-7-15/h4-5,8H,2-3,6-7,9H2,1H3,(H,19,20)(H2,17,18,21). The number of carbonyl (C=O) groups is 2. The molecule has 0 aliphatic heterocycles. The van der Waals surface area contributed by atoms with Gasteiger partial charge in [-0.25, -0.2) is 9.59 Å². The van der Waals surface area contributed by atoms with Gasteiger partial charge < -0.3 is 15.7 Å². The molecule has 0 spiro atoms. The van der Waals surface area contributed by atoms with E-state index in [9.17, 15) is 14.7 Å². The average molecular weight is 311 g/mol. The monoisotopic (exact) mass is 310 g/mol. The zero-order valence-electron chi connectivity index (χ0n) is 11.9. The summed E-state index contributed by atoms with van der Waals surface area (Å²) in [5.74, 6) is -0.969. The topological polar surface area (TPSA) is 78.4 Å². The summed E-state index contributed by atoms with van der Waals surface area (Å²) in [6.45, 7) is 2.20. The van der Waals surface area contributed by atoms with E-state index in [4.69, 9.17) is 11.6 Å². The van der Waals surface area contributed by atoms with Crippen LogP contribution in [-0.4, -0.2) is 22.6 Å². The fourth-order valence-corrected chi connectivity index (χ4v) is 2.91. The number of carboxylic acid groups (broad SMARTS) is 1. The number of carbonyl (C=O) groups excluding carboxylic acids is 1. The van der Waals surface area contributed by atoms with Crippen molar-refractivity contribution < 1.29 is 14.7 Å². The Morgan fingerprint density at radius 1 is 1.33 bits per heavy atom. The van der Waals surface area contributed by atoms with Crippen LogP contribution < -0.4 is 10.6 Å². The summed E-state index contributed by atoms with van der Waals surface area (Å²) in [6.07, 6.45) is 2.58. The summed E-state index contributed by atoms with van der Waals surface area (Å²) in [5.41, 5.74) is 0.721. The van der Waals surface area contributed by atoms with Gasteiger partial charge in [0.25, 0.3) is 0 Å². The number of halogens is 1. The van der Waals surface area contributed by atoms with Crippen LogP contribution in [0.2, 0.25) is 5.02 Å². The molecule has 3 N–H and O–H groups in total. The maximum Gasteiger partial charge on any atom is 0.329 e. The van der Waals surface area contributed by atoms with Crippen LogP contribution in [0.5, 0.6) is 0 Å². The molecule has 1 aliphatic rings. The number of hydrogen-bond acceptors (Lipinski definition) is 2. The van der Waals surface area contributed by atoms with E-state index in [1.165, 1.54) is 0 Å². The maximum absolute atomic E-state index is 11.9. The van der Waals surface area contributed by atoms with Gasteiger partial charge in [0.2, 0.25) is 0 Å². The molecule has 1 aromatic rings. The first-order valence-electron chi connectivity index (χ1n) is 6.97. The van der Waals surface area contributed by atoms with Crippen molar-refractivity contribution in [3.05, 3.63) is 34.3 Å². The molecule has 5 nitrogen and oxygen atoms in total. The Balaban J connectivity index is 1.94. The zero-order chi connectivity index (χ0) is 15.5. The number of nitrogens with one attached hydrogen (secondary N) is 2. The lowest BCUT2D eigenvalue weighted by atomic mass is 9.98. The molecule has 2 rings (SSSR count). The van der Waals surface area contributed by atoms with Crippen LogP contribution in [-0.2, 0) is 11.3 Å². The second-order valence-electron chi connectivity index (χ2n) is 5.50. The molecule has 0 radical (unpaired) electrons. The van der Waals surface area contributed by atoms with Crippen molar-refractivity contribution in [2.24, 2.45) is 0 Å². The van der Waals surface area contributed by atoms with E-state index >= 15 is 0 Å². The fraction of sp³-hybridized carbons (Fsp3) is 0.467. The van der Waals surface area contributed by atoms with Crippen molar-refractivity contribution in [2.75, 3.05) is 0 Å². The molecule has 1 saturated carbocycles. The van der Waals surface area contributed by atoms with E-state index in [2.05, 4.69) is 10.6 Å². The first kappa shape index (κ1) is 15.6. The third kappa shape index (κ3) is 3.67. The molecule has 21 heavy (non-hydrogen) atoms. The van der Waals surface area contributed by atoms with Crippen LogP contribution in [0, 0.1) is 6.92 Å². The Morgan fingerprint density at radius 3 is 2.57 bits per heavy atom. The Kier molecular flexibility index (Phi) is 4.73. The summed E-state index contributed by atoms with van der Waals surface area (Å²) >= 11 is 6.10. The largest absolute Gasteiger partial charge is 0.480 e. The first-order chi connectivity index (χ1) is 9.93. The molecule has 0 aromatic heterocycles. The summed E-state index contributed by atoms with van der Waals surface area (Å²) in [4.78, 5) is 23.3. The molecule has 0 saturated heterocycles. The molecule has 0 atom stereocenters. The Bertz CT molecular complexity index is 554. The lowest BCUT2D eigenvalue weighted by Crippen LogP contribution is -2.55. The SMILES string of the molecule is Cc1ccc(CNC(=O)NC2(C(=O)O)CCCC2)c(Cl)c1. The second kappa shape index (κ2) is 6.35. The summed E-state index contributed by atoms with van der Waals surface area (Å²) in [5, 5.41) is 15.2. The maximum atomic E-state index is 11.9. The van der Waals surface area contributed by atoms with Gasteiger partial charge in [0.05, 0.1) is 0 Å². The molecule has 114 valence electrons. The third-order valence-electron chi connectivity index (χ3n) is 3.87. The van der Waals surface area contributed by atoms with Crippen LogP contribution >= 0.6 is 11.6 Å². The second-order valence-corrected chi connectivity index (χ2v) is 5.90. The number of hydrogen-bond donors (Lipinski definition) is 3. The van der Waals surface area contributed by atoms with Crippen molar-refractivity contribution in [3.63, 3.8) is 0 Å². The van der Waals surface area contributed by atoms with E-state index in [1.807, 2.05) is 25.1 Å². The number of amides is 2. The van der Waals surface area contributed by atoms with Gasteiger partial charge in [-0.05, 0) is 37.0 Å². The number of rotatable bonds is 4. The lowest BCUT2D eigenvalue weighted by Gasteiger charge is -2.25. The lowest BCUT2D eigenvalue weighted by molar-refractivity contribution is -0.144. The predicted octanol–water partition coefficient (Wildman–Crippen LogP) is 2.85. The highest BCUT2D eigenvalue weighted by Gasteiger charge is 2.42. The average Bonchev–Trinajstić information content (AvgIpc) is 2.87. The van der Waals surface area contributed by atoms with Gasteiger partial charge in [0, 0.05) is 11.6 Å². The highest BCUT2D eigenvalue weighted by Crippen LogP contribution is 2.29.